The zero-order chi connectivity index (χ0) is 19.8. The molecule has 0 bridgehead atoms. The third-order valence-electron chi connectivity index (χ3n) is 4.50. The molecule has 1 aliphatic rings. The van der Waals surface area contributed by atoms with Crippen LogP contribution in [0.5, 0.6) is 0 Å². The zero-order valence-electron chi connectivity index (χ0n) is 13.9. The third kappa shape index (κ3) is 3.74. The summed E-state index contributed by atoms with van der Waals surface area (Å²) in [6.45, 7) is 0.513. The lowest BCUT2D eigenvalue weighted by Gasteiger charge is -2.27. The number of alkyl halides is 2. The van der Waals surface area contributed by atoms with Crippen LogP contribution in [0.2, 0.25) is 5.02 Å². The molecule has 3 rings (SSSR count). The van der Waals surface area contributed by atoms with Crippen LogP contribution in [0.25, 0.3) is 0 Å². The van der Waals surface area contributed by atoms with Crippen LogP contribution in [0, 0.1) is 10.1 Å². The minimum atomic E-state index is -4.92. The van der Waals surface area contributed by atoms with Crippen LogP contribution in [0.4, 0.5) is 20.2 Å². The van der Waals surface area contributed by atoms with Crippen molar-refractivity contribution in [2.75, 3.05) is 11.4 Å². The molecule has 1 heterocycles. The molecule has 27 heavy (non-hydrogen) atoms. The Morgan fingerprint density at radius 1 is 1.22 bits per heavy atom. The smallest absolute Gasteiger partial charge is 0.341 e. The SMILES string of the molecule is O=[N+]([O-])c1cc(S(=O)(=O)C(F)F)ccc1N1CCCC1c1cccc(Cl)c1. The predicted molar refractivity (Wildman–Crippen MR) is 97.1 cm³/mol. The van der Waals surface area contributed by atoms with Gasteiger partial charge in [-0.15, -0.1) is 0 Å². The summed E-state index contributed by atoms with van der Waals surface area (Å²) in [5, 5.41) is 12.0. The van der Waals surface area contributed by atoms with Gasteiger partial charge in [0.2, 0.25) is 9.84 Å². The fraction of sp³-hybridized carbons (Fsp3) is 0.294. The van der Waals surface area contributed by atoms with Gasteiger partial charge in [-0.05, 0) is 42.7 Å². The van der Waals surface area contributed by atoms with E-state index >= 15 is 0 Å². The van der Waals surface area contributed by atoms with Gasteiger partial charge in [0.1, 0.15) is 5.69 Å². The first-order chi connectivity index (χ1) is 12.7. The van der Waals surface area contributed by atoms with Crippen LogP contribution < -0.4 is 4.90 Å². The molecule has 6 nitrogen and oxygen atoms in total. The van der Waals surface area contributed by atoms with Crippen LogP contribution >= 0.6 is 11.6 Å². The number of hydrogen-bond acceptors (Lipinski definition) is 5. The highest BCUT2D eigenvalue weighted by molar-refractivity contribution is 7.91. The Morgan fingerprint density at radius 2 is 1.96 bits per heavy atom. The van der Waals surface area contributed by atoms with Crippen LogP contribution in [0.15, 0.2) is 47.4 Å². The van der Waals surface area contributed by atoms with Crippen molar-refractivity contribution >= 4 is 32.8 Å². The van der Waals surface area contributed by atoms with Gasteiger partial charge in [-0.25, -0.2) is 8.42 Å². The number of rotatable bonds is 5. The van der Waals surface area contributed by atoms with Gasteiger partial charge < -0.3 is 4.90 Å². The Morgan fingerprint density at radius 3 is 2.59 bits per heavy atom. The van der Waals surface area contributed by atoms with E-state index in [0.717, 1.165) is 24.5 Å². The van der Waals surface area contributed by atoms with Crippen molar-refractivity contribution in [3.63, 3.8) is 0 Å². The van der Waals surface area contributed by atoms with Crippen LogP contribution in [0.1, 0.15) is 24.4 Å². The first kappa shape index (κ1) is 19.5. The number of nitrogens with zero attached hydrogens (tertiary/aromatic N) is 2. The predicted octanol–water partition coefficient (Wildman–Crippen LogP) is 4.59. The highest BCUT2D eigenvalue weighted by atomic mass is 35.5. The largest absolute Gasteiger partial charge is 0.359 e. The van der Waals surface area contributed by atoms with Crippen molar-refractivity contribution in [3.05, 3.63) is 63.2 Å². The van der Waals surface area contributed by atoms with Crippen molar-refractivity contribution in [3.8, 4) is 0 Å². The Labute approximate surface area is 159 Å². The summed E-state index contributed by atoms with van der Waals surface area (Å²) in [6, 6.07) is 9.84. The fourth-order valence-electron chi connectivity index (χ4n) is 3.29. The zero-order valence-corrected chi connectivity index (χ0v) is 15.5. The lowest BCUT2D eigenvalue weighted by molar-refractivity contribution is -0.384. The molecular formula is C17H15ClF2N2O4S. The maximum Gasteiger partial charge on any atom is 0.341 e. The number of nitro benzene ring substituents is 1. The summed E-state index contributed by atoms with van der Waals surface area (Å²) < 4.78 is 48.9. The molecule has 0 N–H and O–H groups in total. The van der Waals surface area contributed by atoms with Crippen LogP contribution in [0.3, 0.4) is 0 Å². The quantitative estimate of drug-likeness (QED) is 0.526. The Balaban J connectivity index is 2.06. The number of nitro groups is 1. The van der Waals surface area contributed by atoms with E-state index in [1.807, 2.05) is 6.07 Å². The second kappa shape index (κ2) is 7.40. The van der Waals surface area contributed by atoms with E-state index in [9.17, 15) is 27.3 Å². The summed E-state index contributed by atoms with van der Waals surface area (Å²) in [4.78, 5) is 11.8. The van der Waals surface area contributed by atoms with Gasteiger partial charge in [0.15, 0.2) is 0 Å². The van der Waals surface area contributed by atoms with Crippen LogP contribution in [-0.4, -0.2) is 25.6 Å². The van der Waals surface area contributed by atoms with Gasteiger partial charge in [-0.2, -0.15) is 8.78 Å². The van der Waals surface area contributed by atoms with Crippen molar-refractivity contribution in [1.29, 1.82) is 0 Å². The number of benzene rings is 2. The summed E-state index contributed by atoms with van der Waals surface area (Å²) in [5.41, 5.74) is 0.542. The summed E-state index contributed by atoms with van der Waals surface area (Å²) >= 11 is 6.03. The standard InChI is InChI=1S/C17H15ClF2N2O4S/c18-12-4-1-3-11(9-12)14-5-2-8-21(14)15-7-6-13(10-16(15)22(23)24)27(25,26)17(19)20/h1,3-4,6-7,9-10,14,17H,2,5,8H2. The van der Waals surface area contributed by atoms with E-state index in [1.54, 1.807) is 23.1 Å². The molecule has 1 saturated heterocycles. The molecule has 2 aromatic carbocycles. The summed E-state index contributed by atoms with van der Waals surface area (Å²) in [6.07, 6.45) is 1.50. The number of halogens is 3. The van der Waals surface area contributed by atoms with E-state index in [2.05, 4.69) is 0 Å². The first-order valence-corrected chi connectivity index (χ1v) is 9.97. The molecule has 2 aromatic rings. The minimum Gasteiger partial charge on any atom is -0.359 e. The van der Waals surface area contributed by atoms with E-state index in [-0.39, 0.29) is 11.7 Å². The second-order valence-corrected chi connectivity index (χ2v) is 8.47. The normalized spacial score (nSPS) is 17.5. The van der Waals surface area contributed by atoms with Gasteiger partial charge in [0.05, 0.1) is 15.9 Å². The average molecular weight is 417 g/mol. The van der Waals surface area contributed by atoms with Gasteiger partial charge in [-0.1, -0.05) is 23.7 Å². The second-order valence-electron chi connectivity index (χ2n) is 6.12. The molecule has 0 saturated carbocycles. The summed E-state index contributed by atoms with van der Waals surface area (Å²) in [5.74, 6) is -3.64. The topological polar surface area (TPSA) is 80.5 Å². The molecular weight excluding hydrogens is 402 g/mol. The van der Waals surface area contributed by atoms with Crippen LogP contribution in [-0.2, 0) is 9.84 Å². The van der Waals surface area contributed by atoms with Crippen molar-refractivity contribution in [2.45, 2.75) is 29.5 Å². The molecule has 1 unspecified atom stereocenters. The lowest BCUT2D eigenvalue weighted by Crippen LogP contribution is -2.23. The summed E-state index contributed by atoms with van der Waals surface area (Å²) in [7, 11) is -4.92. The Kier molecular flexibility index (Phi) is 5.34. The molecule has 1 fully saturated rings. The number of sulfone groups is 1. The van der Waals surface area contributed by atoms with E-state index < -0.39 is 31.1 Å². The Bertz CT molecular complexity index is 985. The van der Waals surface area contributed by atoms with E-state index in [4.69, 9.17) is 11.6 Å². The van der Waals surface area contributed by atoms with Gasteiger partial charge >= 0.3 is 5.76 Å². The van der Waals surface area contributed by atoms with Gasteiger partial charge in [0, 0.05) is 17.6 Å². The number of hydrogen-bond donors (Lipinski definition) is 0. The fourth-order valence-corrected chi connectivity index (χ4v) is 4.23. The highest BCUT2D eigenvalue weighted by Crippen LogP contribution is 2.41. The van der Waals surface area contributed by atoms with E-state index in [0.29, 0.717) is 17.6 Å². The minimum absolute atomic E-state index is 0.181. The van der Waals surface area contributed by atoms with Gasteiger partial charge in [0.25, 0.3) is 5.69 Å². The molecule has 0 aliphatic carbocycles. The molecule has 0 spiro atoms. The Hall–Kier alpha value is -2.26. The monoisotopic (exact) mass is 416 g/mol. The molecule has 144 valence electrons. The molecule has 1 atom stereocenters. The lowest BCUT2D eigenvalue weighted by atomic mass is 10.0. The molecule has 0 aromatic heterocycles. The van der Waals surface area contributed by atoms with Crippen molar-refractivity contribution < 1.29 is 22.1 Å². The molecule has 0 radical (unpaired) electrons. The van der Waals surface area contributed by atoms with Crippen molar-refractivity contribution in [2.24, 2.45) is 0 Å². The molecule has 10 heteroatoms. The first-order valence-electron chi connectivity index (χ1n) is 8.04. The third-order valence-corrected chi connectivity index (χ3v) is 6.12. The highest BCUT2D eigenvalue weighted by Gasteiger charge is 2.34. The van der Waals surface area contributed by atoms with Gasteiger partial charge in [-0.3, -0.25) is 10.1 Å². The average Bonchev–Trinajstić information content (AvgIpc) is 3.10. The van der Waals surface area contributed by atoms with Crippen molar-refractivity contribution in [1.82, 2.24) is 0 Å². The molecule has 1 aliphatic heterocycles. The van der Waals surface area contributed by atoms with E-state index in [1.165, 1.54) is 6.07 Å². The molecule has 0 amide bonds. The maximum absolute atomic E-state index is 12.8. The number of anilines is 1. The maximum atomic E-state index is 12.8.